The molecule has 7 nitrogen and oxygen atoms in total. The summed E-state index contributed by atoms with van der Waals surface area (Å²) in [5.74, 6) is 0.122. The van der Waals surface area contributed by atoms with Crippen molar-refractivity contribution in [2.75, 3.05) is 5.32 Å². The minimum Gasteiger partial charge on any atom is -0.347 e. The van der Waals surface area contributed by atoms with Crippen molar-refractivity contribution in [1.29, 1.82) is 0 Å². The first kappa shape index (κ1) is 14.2. The zero-order valence-corrected chi connectivity index (χ0v) is 11.6. The van der Waals surface area contributed by atoms with E-state index in [0.29, 0.717) is 6.42 Å². The number of halogens is 2. The first-order valence-electron chi connectivity index (χ1n) is 5.04. The molecule has 2 rings (SSSR count). The number of nitrogens with one attached hydrogen (secondary N) is 1. The maximum absolute atomic E-state index is 11.0. The lowest BCUT2D eigenvalue weighted by atomic mass is 10.1. The molecule has 1 aromatic rings. The molecule has 2 N–H and O–H groups in total. The van der Waals surface area contributed by atoms with Crippen LogP contribution in [0.4, 0.5) is 5.95 Å². The van der Waals surface area contributed by atoms with Crippen molar-refractivity contribution in [3.8, 4) is 0 Å². The Hall–Kier alpha value is -1.22. The third-order valence-corrected chi connectivity index (χ3v) is 3.44. The second-order valence-electron chi connectivity index (χ2n) is 3.63. The van der Waals surface area contributed by atoms with E-state index >= 15 is 0 Å². The Labute approximate surface area is 119 Å². The molecule has 0 radical (unpaired) electrons. The highest BCUT2D eigenvalue weighted by Crippen LogP contribution is 2.18. The number of aromatic nitrogens is 3. The molecule has 0 fully saturated rings. The summed E-state index contributed by atoms with van der Waals surface area (Å²) < 4.78 is 31.0. The number of allylic oxidation sites excluding steroid dienone is 1. The Bertz CT molecular complexity index is 639. The Morgan fingerprint density at radius 1 is 1.26 bits per heavy atom. The van der Waals surface area contributed by atoms with E-state index in [1.54, 1.807) is 6.08 Å². The Morgan fingerprint density at radius 2 is 1.89 bits per heavy atom. The lowest BCUT2D eigenvalue weighted by molar-refractivity contribution is 0.491. The molecule has 102 valence electrons. The molecular formula is C9H8Cl2N4O3S. The van der Waals surface area contributed by atoms with Crippen LogP contribution in [0.1, 0.15) is 6.42 Å². The summed E-state index contributed by atoms with van der Waals surface area (Å²) in [7, 11) is -4.24. The van der Waals surface area contributed by atoms with E-state index in [1.807, 2.05) is 0 Å². The molecule has 19 heavy (non-hydrogen) atoms. The maximum Gasteiger partial charge on any atom is 0.294 e. The highest BCUT2D eigenvalue weighted by molar-refractivity contribution is 7.90. The van der Waals surface area contributed by atoms with Crippen LogP contribution in [0, 0.1) is 0 Å². The molecule has 1 atom stereocenters. The summed E-state index contributed by atoms with van der Waals surface area (Å²) >= 11 is 11.2. The molecule has 1 heterocycles. The molecule has 10 heteroatoms. The normalized spacial score (nSPS) is 19.1. The molecule has 1 aliphatic rings. The molecule has 1 unspecified atom stereocenters. The average molecular weight is 323 g/mol. The highest BCUT2D eigenvalue weighted by Gasteiger charge is 2.18. The Morgan fingerprint density at radius 3 is 2.47 bits per heavy atom. The van der Waals surface area contributed by atoms with Crippen molar-refractivity contribution in [3.05, 3.63) is 33.7 Å². The van der Waals surface area contributed by atoms with Crippen LogP contribution in [0.2, 0.25) is 10.6 Å². The van der Waals surface area contributed by atoms with E-state index < -0.39 is 16.2 Å². The summed E-state index contributed by atoms with van der Waals surface area (Å²) in [6.07, 6.45) is 4.77. The lowest BCUT2D eigenvalue weighted by Crippen LogP contribution is -2.21. The van der Waals surface area contributed by atoms with E-state index in [-0.39, 0.29) is 21.4 Å². The summed E-state index contributed by atoms with van der Waals surface area (Å²) in [6.45, 7) is 0. The summed E-state index contributed by atoms with van der Waals surface area (Å²) in [5.41, 5.74) is 0. The third-order valence-electron chi connectivity index (χ3n) is 2.23. The van der Waals surface area contributed by atoms with Gasteiger partial charge in [-0.2, -0.15) is 23.4 Å². The van der Waals surface area contributed by atoms with Gasteiger partial charge in [-0.25, -0.2) is 0 Å². The summed E-state index contributed by atoms with van der Waals surface area (Å²) in [5, 5.41) is 2.68. The molecule has 0 bridgehead atoms. The zero-order chi connectivity index (χ0) is 14.0. The first-order chi connectivity index (χ1) is 8.84. The highest BCUT2D eigenvalue weighted by atomic mass is 35.5. The summed E-state index contributed by atoms with van der Waals surface area (Å²) in [4.78, 5) is 11.0. The maximum atomic E-state index is 11.0. The second-order valence-corrected chi connectivity index (χ2v) is 5.73. The quantitative estimate of drug-likeness (QED) is 0.815. The average Bonchev–Trinajstić information content (AvgIpc) is 2.26. The van der Waals surface area contributed by atoms with Gasteiger partial charge in [-0.1, -0.05) is 6.08 Å². The van der Waals surface area contributed by atoms with Crippen LogP contribution >= 0.6 is 23.2 Å². The van der Waals surface area contributed by atoms with Crippen LogP contribution in [0.15, 0.2) is 23.1 Å². The van der Waals surface area contributed by atoms with Gasteiger partial charge in [0.05, 0.1) is 10.9 Å². The Balaban J connectivity index is 2.20. The minimum atomic E-state index is -4.24. The van der Waals surface area contributed by atoms with Crippen LogP contribution in [0.3, 0.4) is 0 Å². The SMILES string of the molecule is O=S(=O)(O)C1=CC(Nc2nc(Cl)nc(Cl)n2)CC=C1. The molecule has 0 aliphatic heterocycles. The van der Waals surface area contributed by atoms with Crippen LogP contribution in [0.5, 0.6) is 0 Å². The summed E-state index contributed by atoms with van der Waals surface area (Å²) in [6, 6.07) is -0.406. The van der Waals surface area contributed by atoms with Gasteiger partial charge >= 0.3 is 0 Å². The van der Waals surface area contributed by atoms with Gasteiger partial charge in [-0.05, 0) is 41.8 Å². The van der Waals surface area contributed by atoms with Crippen LogP contribution < -0.4 is 5.32 Å². The van der Waals surface area contributed by atoms with E-state index in [4.69, 9.17) is 27.8 Å². The van der Waals surface area contributed by atoms with Gasteiger partial charge in [-0.3, -0.25) is 4.55 Å². The predicted octanol–water partition coefficient (Wildman–Crippen LogP) is 1.69. The molecule has 0 amide bonds. The van der Waals surface area contributed by atoms with Crippen LogP contribution in [-0.4, -0.2) is 34.0 Å². The third kappa shape index (κ3) is 3.87. The fourth-order valence-corrected chi connectivity index (χ4v) is 2.45. The zero-order valence-electron chi connectivity index (χ0n) is 9.29. The number of hydrogen-bond donors (Lipinski definition) is 2. The first-order valence-corrected chi connectivity index (χ1v) is 7.23. The van der Waals surface area contributed by atoms with E-state index in [1.165, 1.54) is 12.2 Å². The van der Waals surface area contributed by atoms with Gasteiger partial charge in [0.1, 0.15) is 0 Å². The smallest absolute Gasteiger partial charge is 0.294 e. The number of nitrogens with zero attached hydrogens (tertiary/aromatic N) is 3. The molecule has 0 saturated carbocycles. The van der Waals surface area contributed by atoms with Crippen molar-refractivity contribution in [3.63, 3.8) is 0 Å². The largest absolute Gasteiger partial charge is 0.347 e. The van der Waals surface area contributed by atoms with Gasteiger partial charge in [0, 0.05) is 0 Å². The fourth-order valence-electron chi connectivity index (χ4n) is 1.48. The van der Waals surface area contributed by atoms with Crippen molar-refractivity contribution in [1.82, 2.24) is 15.0 Å². The van der Waals surface area contributed by atoms with E-state index in [9.17, 15) is 8.42 Å². The van der Waals surface area contributed by atoms with Crippen molar-refractivity contribution in [2.24, 2.45) is 0 Å². The van der Waals surface area contributed by atoms with Crippen molar-refractivity contribution < 1.29 is 13.0 Å². The monoisotopic (exact) mass is 322 g/mol. The standard InChI is InChI=1S/C9H8Cl2N4O3S/c10-7-13-8(11)15-9(14-7)12-5-2-1-3-6(4-5)19(16,17)18/h1,3-5H,2H2,(H,16,17,18)(H,12,13,14,15). The fraction of sp³-hybridized carbons (Fsp3) is 0.222. The number of rotatable bonds is 3. The van der Waals surface area contributed by atoms with E-state index in [0.717, 1.165) is 0 Å². The molecule has 0 spiro atoms. The van der Waals surface area contributed by atoms with Crippen molar-refractivity contribution >= 4 is 39.3 Å². The molecule has 1 aromatic heterocycles. The number of hydrogen-bond acceptors (Lipinski definition) is 6. The molecule has 0 aromatic carbocycles. The molecular weight excluding hydrogens is 315 g/mol. The second kappa shape index (κ2) is 5.41. The topological polar surface area (TPSA) is 105 Å². The van der Waals surface area contributed by atoms with E-state index in [2.05, 4.69) is 20.3 Å². The Kier molecular flexibility index (Phi) is 4.04. The van der Waals surface area contributed by atoms with Gasteiger partial charge < -0.3 is 5.32 Å². The van der Waals surface area contributed by atoms with Crippen LogP contribution in [-0.2, 0) is 10.1 Å². The van der Waals surface area contributed by atoms with Gasteiger partial charge in [0.25, 0.3) is 10.1 Å². The predicted molar refractivity (Wildman–Crippen MR) is 70.6 cm³/mol. The van der Waals surface area contributed by atoms with Crippen LogP contribution in [0.25, 0.3) is 0 Å². The van der Waals surface area contributed by atoms with Crippen molar-refractivity contribution in [2.45, 2.75) is 12.5 Å². The van der Waals surface area contributed by atoms with Gasteiger partial charge in [0.15, 0.2) is 0 Å². The lowest BCUT2D eigenvalue weighted by Gasteiger charge is -2.17. The number of anilines is 1. The minimum absolute atomic E-state index is 0.0761. The van der Waals surface area contributed by atoms with Gasteiger partial charge in [-0.15, -0.1) is 0 Å². The molecule has 0 saturated heterocycles. The van der Waals surface area contributed by atoms with Gasteiger partial charge in [0.2, 0.25) is 16.5 Å². The molecule has 1 aliphatic carbocycles.